The molecule has 1 saturated heterocycles. The summed E-state index contributed by atoms with van der Waals surface area (Å²) in [4.78, 5) is 12.5. The zero-order chi connectivity index (χ0) is 17.7. The van der Waals surface area contributed by atoms with Crippen LogP contribution in [0.15, 0.2) is 45.9 Å². The van der Waals surface area contributed by atoms with Crippen molar-refractivity contribution < 1.29 is 0 Å². The van der Waals surface area contributed by atoms with Crippen LogP contribution in [-0.4, -0.2) is 55.4 Å². The molecule has 2 aromatic rings. The minimum absolute atomic E-state index is 1.03. The van der Waals surface area contributed by atoms with E-state index >= 15 is 0 Å². The van der Waals surface area contributed by atoms with E-state index in [4.69, 9.17) is 4.99 Å². The molecule has 0 atom stereocenters. The average molecular weight is 411 g/mol. The average Bonchev–Trinajstić information content (AvgIpc) is 2.79. The Morgan fingerprint density at radius 1 is 1.00 bits per heavy atom. The number of aliphatic imine (C=N–C) groups is 1. The number of likely N-dealkylation sites (N-methyl/N-ethyl adjacent to an activating group) is 1. The molecule has 5 heteroatoms. The Morgan fingerprint density at radius 2 is 1.81 bits per heavy atom. The van der Waals surface area contributed by atoms with E-state index in [2.05, 4.69) is 74.1 Å². The second kappa shape index (κ2) is 6.39. The number of halogens is 1. The molecule has 26 heavy (non-hydrogen) atoms. The van der Waals surface area contributed by atoms with Gasteiger partial charge in [-0.25, -0.2) is 4.99 Å². The molecule has 0 N–H and O–H groups in total. The lowest BCUT2D eigenvalue weighted by Crippen LogP contribution is -2.47. The van der Waals surface area contributed by atoms with Gasteiger partial charge in [0.2, 0.25) is 0 Å². The summed E-state index contributed by atoms with van der Waals surface area (Å²) < 4.78 is 1.15. The first kappa shape index (κ1) is 16.3. The maximum absolute atomic E-state index is 5.20. The van der Waals surface area contributed by atoms with Crippen LogP contribution in [0.2, 0.25) is 0 Å². The van der Waals surface area contributed by atoms with Crippen molar-refractivity contribution in [3.63, 3.8) is 0 Å². The maximum atomic E-state index is 5.20. The van der Waals surface area contributed by atoms with Gasteiger partial charge in [0.25, 0.3) is 0 Å². The van der Waals surface area contributed by atoms with Gasteiger partial charge in [-0.1, -0.05) is 28.1 Å². The number of amidine groups is 1. The Morgan fingerprint density at radius 3 is 2.65 bits per heavy atom. The highest BCUT2D eigenvalue weighted by Gasteiger charge is 2.31. The Hall–Kier alpha value is -1.85. The normalized spacial score (nSPS) is 19.5. The van der Waals surface area contributed by atoms with Crippen molar-refractivity contribution in [3.8, 4) is 0 Å². The number of benzene rings is 2. The van der Waals surface area contributed by atoms with Crippen LogP contribution < -0.4 is 4.90 Å². The number of fused-ring (bicyclic) bond motifs is 2. The van der Waals surface area contributed by atoms with Crippen molar-refractivity contribution in [1.82, 2.24) is 9.80 Å². The van der Waals surface area contributed by atoms with E-state index in [1.165, 1.54) is 28.9 Å². The van der Waals surface area contributed by atoms with Crippen molar-refractivity contribution in [2.45, 2.75) is 12.8 Å². The standard InChI is InChI=1S/C21H23BrN4/c1-24-9-11-25(12-10-24)21-17-14-16(22)13-15-5-4-8-26(20(15)17)19-7-3-2-6-18(19)23-21/h2-3,6-7,13-14H,4-5,8-12H2,1H3. The molecular formula is C21H23BrN4. The van der Waals surface area contributed by atoms with Gasteiger partial charge >= 0.3 is 0 Å². The Labute approximate surface area is 163 Å². The molecule has 0 bridgehead atoms. The van der Waals surface area contributed by atoms with Crippen LogP contribution in [0.3, 0.4) is 0 Å². The van der Waals surface area contributed by atoms with Gasteiger partial charge in [0.05, 0.1) is 17.1 Å². The fraction of sp³-hybridized carbons (Fsp3) is 0.381. The van der Waals surface area contributed by atoms with Gasteiger partial charge in [-0.05, 0) is 49.7 Å². The minimum atomic E-state index is 1.03. The predicted octanol–water partition coefficient (Wildman–Crippen LogP) is 4.17. The van der Waals surface area contributed by atoms with Gasteiger partial charge in [-0.2, -0.15) is 0 Å². The molecule has 3 aliphatic rings. The van der Waals surface area contributed by atoms with Gasteiger partial charge in [0.1, 0.15) is 5.84 Å². The molecule has 2 aromatic carbocycles. The molecule has 0 spiro atoms. The number of hydrogen-bond donors (Lipinski definition) is 0. The molecule has 0 aliphatic carbocycles. The molecule has 0 amide bonds. The van der Waals surface area contributed by atoms with Crippen molar-refractivity contribution >= 4 is 38.8 Å². The molecule has 1 fully saturated rings. The summed E-state index contributed by atoms with van der Waals surface area (Å²) in [5, 5.41) is 0. The summed E-state index contributed by atoms with van der Waals surface area (Å²) in [6.45, 7) is 5.28. The fourth-order valence-electron chi connectivity index (χ4n) is 4.34. The van der Waals surface area contributed by atoms with Crippen LogP contribution in [0.1, 0.15) is 17.5 Å². The topological polar surface area (TPSA) is 22.1 Å². The largest absolute Gasteiger partial charge is 0.353 e. The summed E-state index contributed by atoms with van der Waals surface area (Å²) in [7, 11) is 2.20. The first-order valence-corrected chi connectivity index (χ1v) is 10.2. The van der Waals surface area contributed by atoms with Crippen LogP contribution in [0.25, 0.3) is 0 Å². The SMILES string of the molecule is CN1CCN(C2=Nc3ccccc3N3CCCc4cc(Br)cc2c43)CC1. The van der Waals surface area contributed by atoms with Gasteiger partial charge in [0.15, 0.2) is 0 Å². The van der Waals surface area contributed by atoms with Crippen LogP contribution in [0.4, 0.5) is 17.1 Å². The van der Waals surface area contributed by atoms with E-state index in [0.717, 1.165) is 55.1 Å². The summed E-state index contributed by atoms with van der Waals surface area (Å²) in [6.07, 6.45) is 2.32. The third kappa shape index (κ3) is 2.65. The first-order valence-electron chi connectivity index (χ1n) is 9.42. The number of para-hydroxylation sites is 2. The minimum Gasteiger partial charge on any atom is -0.353 e. The number of nitrogens with zero attached hydrogens (tertiary/aromatic N) is 4. The molecule has 5 rings (SSSR count). The van der Waals surface area contributed by atoms with Gasteiger partial charge in [-0.15, -0.1) is 0 Å². The zero-order valence-corrected chi connectivity index (χ0v) is 16.7. The van der Waals surface area contributed by atoms with Gasteiger partial charge in [-0.3, -0.25) is 0 Å². The van der Waals surface area contributed by atoms with Crippen LogP contribution >= 0.6 is 15.9 Å². The van der Waals surface area contributed by atoms with E-state index in [-0.39, 0.29) is 0 Å². The lowest BCUT2D eigenvalue weighted by Gasteiger charge is -2.36. The Kier molecular flexibility index (Phi) is 4.02. The first-order chi connectivity index (χ1) is 12.7. The second-order valence-corrected chi connectivity index (χ2v) is 8.35. The van der Waals surface area contributed by atoms with Crippen molar-refractivity contribution in [3.05, 3.63) is 52.0 Å². The number of anilines is 2. The summed E-state index contributed by atoms with van der Waals surface area (Å²) >= 11 is 3.75. The van der Waals surface area contributed by atoms with E-state index in [0.29, 0.717) is 0 Å². The number of rotatable bonds is 0. The molecule has 0 saturated carbocycles. The highest BCUT2D eigenvalue weighted by Crippen LogP contribution is 2.45. The molecule has 0 unspecified atom stereocenters. The van der Waals surface area contributed by atoms with Crippen molar-refractivity contribution in [2.24, 2.45) is 4.99 Å². The fourth-order valence-corrected chi connectivity index (χ4v) is 4.84. The molecular weight excluding hydrogens is 388 g/mol. The van der Waals surface area contributed by atoms with E-state index in [1.807, 2.05) is 0 Å². The van der Waals surface area contributed by atoms with Crippen LogP contribution in [0.5, 0.6) is 0 Å². The van der Waals surface area contributed by atoms with Crippen LogP contribution in [-0.2, 0) is 6.42 Å². The third-order valence-electron chi connectivity index (χ3n) is 5.69. The lowest BCUT2D eigenvalue weighted by molar-refractivity contribution is 0.216. The smallest absolute Gasteiger partial charge is 0.138 e. The number of hydrogen-bond acceptors (Lipinski definition) is 4. The maximum Gasteiger partial charge on any atom is 0.138 e. The van der Waals surface area contributed by atoms with Crippen LogP contribution in [0, 0.1) is 0 Å². The molecule has 0 radical (unpaired) electrons. The van der Waals surface area contributed by atoms with Gasteiger partial charge in [0, 0.05) is 42.8 Å². The summed E-state index contributed by atoms with van der Waals surface area (Å²) in [6, 6.07) is 13.1. The molecule has 4 nitrogen and oxygen atoms in total. The molecule has 134 valence electrons. The quantitative estimate of drug-likeness (QED) is 0.650. The molecule has 3 aliphatic heterocycles. The Balaban J connectivity index is 1.73. The predicted molar refractivity (Wildman–Crippen MR) is 111 cm³/mol. The summed E-state index contributed by atoms with van der Waals surface area (Å²) in [5.74, 6) is 1.13. The van der Waals surface area contributed by atoms with Crippen molar-refractivity contribution in [2.75, 3.05) is 44.7 Å². The highest BCUT2D eigenvalue weighted by molar-refractivity contribution is 9.10. The van der Waals surface area contributed by atoms with E-state index in [1.54, 1.807) is 0 Å². The monoisotopic (exact) mass is 410 g/mol. The van der Waals surface area contributed by atoms with E-state index in [9.17, 15) is 0 Å². The molecule has 3 heterocycles. The number of piperazine rings is 1. The van der Waals surface area contributed by atoms with E-state index < -0.39 is 0 Å². The lowest BCUT2D eigenvalue weighted by atomic mass is 9.96. The van der Waals surface area contributed by atoms with Crippen molar-refractivity contribution in [1.29, 1.82) is 0 Å². The third-order valence-corrected chi connectivity index (χ3v) is 6.15. The Bertz CT molecular complexity index is 884. The van der Waals surface area contributed by atoms with Gasteiger partial charge < -0.3 is 14.7 Å². The number of aryl methyl sites for hydroxylation is 1. The molecule has 0 aromatic heterocycles. The zero-order valence-electron chi connectivity index (χ0n) is 15.1. The second-order valence-electron chi connectivity index (χ2n) is 7.43. The highest BCUT2D eigenvalue weighted by atomic mass is 79.9. The summed E-state index contributed by atoms with van der Waals surface area (Å²) in [5.41, 5.74) is 6.39.